The highest BCUT2D eigenvalue weighted by atomic mass is 32.1. The van der Waals surface area contributed by atoms with Gasteiger partial charge in [-0.1, -0.05) is 24.3 Å². The lowest BCUT2D eigenvalue weighted by atomic mass is 10.1. The first-order chi connectivity index (χ1) is 18.8. The highest BCUT2D eigenvalue weighted by Crippen LogP contribution is 2.29. The van der Waals surface area contributed by atoms with Gasteiger partial charge >= 0.3 is 0 Å². The van der Waals surface area contributed by atoms with Crippen LogP contribution < -0.4 is 15.6 Å². The molecule has 1 amide bonds. The van der Waals surface area contributed by atoms with E-state index in [9.17, 15) is 14.7 Å². The van der Waals surface area contributed by atoms with Gasteiger partial charge in [0, 0.05) is 36.2 Å². The maximum atomic E-state index is 13.2. The standard InChI is InChI=1S/C29H33N5O4S/c1-18-19(2)39-28-25(18)29(37)34(17-31-28)16-24(35)32-22-15-23(38-21-10-5-4-6-11-21)27(36)26(22)33(3)14-12-20-9-7-8-13-30-20/h4-11,13,17,22-23,26-27,36H,12,14-16H2,1-3H3,(H,32,35)/t22-,23-,26+,27+/m1/s1. The van der Waals surface area contributed by atoms with Gasteiger partial charge in [0.05, 0.1) is 23.8 Å². The Morgan fingerprint density at radius 2 is 1.95 bits per heavy atom. The Morgan fingerprint density at radius 1 is 1.18 bits per heavy atom. The van der Waals surface area contributed by atoms with Crippen molar-refractivity contribution in [3.63, 3.8) is 0 Å². The fraction of sp³-hybridized carbons (Fsp3) is 0.379. The quantitative estimate of drug-likeness (QED) is 0.332. The second kappa shape index (κ2) is 11.6. The number of carbonyl (C=O) groups is 1. The molecule has 0 spiro atoms. The molecule has 10 heteroatoms. The van der Waals surface area contributed by atoms with Crippen LogP contribution in [-0.4, -0.2) is 68.3 Å². The fourth-order valence-corrected chi connectivity index (χ4v) is 6.25. The second-order valence-corrected chi connectivity index (χ2v) is 11.3. The minimum atomic E-state index is -0.832. The van der Waals surface area contributed by atoms with Crippen molar-refractivity contribution >= 4 is 27.5 Å². The summed E-state index contributed by atoms with van der Waals surface area (Å²) in [4.78, 5) is 38.9. The molecule has 3 heterocycles. The van der Waals surface area contributed by atoms with Gasteiger partial charge in [-0.15, -0.1) is 11.3 Å². The van der Waals surface area contributed by atoms with E-state index in [4.69, 9.17) is 4.74 Å². The minimum absolute atomic E-state index is 0.155. The molecule has 2 N–H and O–H groups in total. The summed E-state index contributed by atoms with van der Waals surface area (Å²) in [6.07, 6.45) is 2.99. The summed E-state index contributed by atoms with van der Waals surface area (Å²) in [5, 5.41) is 15.0. The summed E-state index contributed by atoms with van der Waals surface area (Å²) in [5.74, 6) is 0.347. The molecule has 9 nitrogen and oxygen atoms in total. The Bertz CT molecular complexity index is 1490. The molecule has 0 aliphatic heterocycles. The number of aliphatic hydroxyl groups is 1. The third-order valence-corrected chi connectivity index (χ3v) is 8.55. The van der Waals surface area contributed by atoms with Gasteiger partial charge in [0.1, 0.15) is 29.3 Å². The van der Waals surface area contributed by atoms with Crippen LogP contribution in [0, 0.1) is 13.8 Å². The largest absolute Gasteiger partial charge is 0.488 e. The van der Waals surface area contributed by atoms with Crippen LogP contribution in [0.1, 0.15) is 22.6 Å². The first kappa shape index (κ1) is 27.0. The number of aryl methyl sites for hydroxylation is 2. The van der Waals surface area contributed by atoms with Crippen LogP contribution in [-0.2, 0) is 17.8 Å². The van der Waals surface area contributed by atoms with E-state index in [2.05, 4.69) is 20.2 Å². The highest BCUT2D eigenvalue weighted by Gasteiger charge is 2.46. The summed E-state index contributed by atoms with van der Waals surface area (Å²) in [6, 6.07) is 14.4. The van der Waals surface area contributed by atoms with Crippen LogP contribution in [0.5, 0.6) is 5.75 Å². The summed E-state index contributed by atoms with van der Waals surface area (Å²) in [5.41, 5.74) is 1.63. The Morgan fingerprint density at radius 3 is 2.69 bits per heavy atom. The number of carbonyl (C=O) groups excluding carboxylic acids is 1. The number of aromatic nitrogens is 3. The topological polar surface area (TPSA) is 110 Å². The number of hydrogen-bond donors (Lipinski definition) is 2. The zero-order chi connectivity index (χ0) is 27.5. The molecule has 0 bridgehead atoms. The van der Waals surface area contributed by atoms with Crippen LogP contribution in [0.2, 0.25) is 0 Å². The molecule has 5 rings (SSSR count). The van der Waals surface area contributed by atoms with E-state index in [1.807, 2.05) is 69.4 Å². The number of pyridine rings is 1. The van der Waals surface area contributed by atoms with E-state index in [-0.39, 0.29) is 30.1 Å². The van der Waals surface area contributed by atoms with E-state index in [1.54, 1.807) is 6.20 Å². The van der Waals surface area contributed by atoms with E-state index >= 15 is 0 Å². The number of aliphatic hydroxyl groups excluding tert-OH is 1. The highest BCUT2D eigenvalue weighted by molar-refractivity contribution is 7.18. The van der Waals surface area contributed by atoms with E-state index in [1.165, 1.54) is 22.2 Å². The molecule has 0 unspecified atom stereocenters. The molecule has 204 valence electrons. The molecule has 1 saturated carbocycles. The number of likely N-dealkylation sites (N-methyl/N-ethyl adjacent to an activating group) is 1. The van der Waals surface area contributed by atoms with Gasteiger partial charge < -0.3 is 15.2 Å². The molecule has 1 fully saturated rings. The lowest BCUT2D eigenvalue weighted by molar-refractivity contribution is -0.122. The third kappa shape index (κ3) is 5.88. The number of ether oxygens (including phenoxy) is 1. The molecule has 1 aliphatic carbocycles. The molecule has 39 heavy (non-hydrogen) atoms. The van der Waals surface area contributed by atoms with Gasteiger partial charge in [0.2, 0.25) is 5.91 Å². The van der Waals surface area contributed by atoms with Gasteiger partial charge in [0.25, 0.3) is 5.56 Å². The molecule has 0 radical (unpaired) electrons. The second-order valence-electron chi connectivity index (χ2n) is 10.1. The van der Waals surface area contributed by atoms with Crippen molar-refractivity contribution in [3.8, 4) is 5.75 Å². The van der Waals surface area contributed by atoms with Crippen molar-refractivity contribution in [1.82, 2.24) is 24.8 Å². The zero-order valence-corrected chi connectivity index (χ0v) is 23.1. The Hall–Kier alpha value is -3.60. The van der Waals surface area contributed by atoms with Crippen LogP contribution in [0.4, 0.5) is 0 Å². The van der Waals surface area contributed by atoms with Gasteiger partial charge in [-0.3, -0.25) is 24.0 Å². The number of nitrogens with one attached hydrogen (secondary N) is 1. The van der Waals surface area contributed by atoms with Crippen LogP contribution in [0.25, 0.3) is 10.2 Å². The predicted octanol–water partition coefficient (Wildman–Crippen LogP) is 2.71. The lowest BCUT2D eigenvalue weighted by Crippen LogP contribution is -2.53. The number of nitrogens with zero attached hydrogens (tertiary/aromatic N) is 4. The lowest BCUT2D eigenvalue weighted by Gasteiger charge is -2.32. The molecule has 1 aliphatic rings. The first-order valence-corrected chi connectivity index (χ1v) is 13.9. The molecule has 0 saturated heterocycles. The third-order valence-electron chi connectivity index (χ3n) is 7.43. The number of amides is 1. The SMILES string of the molecule is Cc1sc2ncn(CC(=O)N[C@@H]3C[C@@H](Oc4ccccc4)[C@H](O)[C@H]3N(C)CCc3ccccn3)c(=O)c2c1C. The number of thiophene rings is 1. The molecule has 4 atom stereocenters. The Labute approximate surface area is 231 Å². The maximum Gasteiger partial charge on any atom is 0.262 e. The number of para-hydroxylation sites is 1. The molecule has 4 aromatic rings. The minimum Gasteiger partial charge on any atom is -0.488 e. The number of benzene rings is 1. The van der Waals surface area contributed by atoms with Crippen LogP contribution in [0.3, 0.4) is 0 Å². The summed E-state index contributed by atoms with van der Waals surface area (Å²) in [7, 11) is 1.94. The molecular formula is C29H33N5O4S. The van der Waals surface area contributed by atoms with Crippen LogP contribution in [0.15, 0.2) is 65.8 Å². The Kier molecular flexibility index (Phi) is 8.06. The molecular weight excluding hydrogens is 514 g/mol. The van der Waals surface area contributed by atoms with Gasteiger partial charge in [-0.25, -0.2) is 4.98 Å². The predicted molar refractivity (Wildman–Crippen MR) is 151 cm³/mol. The number of rotatable bonds is 9. The maximum absolute atomic E-state index is 13.2. The zero-order valence-electron chi connectivity index (χ0n) is 22.3. The van der Waals surface area contributed by atoms with Gasteiger partial charge in [-0.2, -0.15) is 0 Å². The van der Waals surface area contributed by atoms with Crippen molar-refractivity contribution in [3.05, 3.63) is 87.5 Å². The van der Waals surface area contributed by atoms with E-state index in [0.29, 0.717) is 35.4 Å². The van der Waals surface area contributed by atoms with E-state index in [0.717, 1.165) is 16.1 Å². The van der Waals surface area contributed by atoms with Crippen molar-refractivity contribution < 1.29 is 14.6 Å². The Balaban J connectivity index is 1.33. The van der Waals surface area contributed by atoms with Gasteiger partial charge in [-0.05, 0) is 50.7 Å². The molecule has 1 aromatic carbocycles. The number of hydrogen-bond acceptors (Lipinski definition) is 8. The first-order valence-electron chi connectivity index (χ1n) is 13.1. The summed E-state index contributed by atoms with van der Waals surface area (Å²) >= 11 is 1.48. The summed E-state index contributed by atoms with van der Waals surface area (Å²) in [6.45, 7) is 4.35. The van der Waals surface area contributed by atoms with Crippen molar-refractivity contribution in [1.29, 1.82) is 0 Å². The normalized spacial score (nSPS) is 20.9. The monoisotopic (exact) mass is 547 g/mol. The number of fused-ring (bicyclic) bond motifs is 1. The van der Waals surface area contributed by atoms with Crippen molar-refractivity contribution in [2.75, 3.05) is 13.6 Å². The van der Waals surface area contributed by atoms with Gasteiger partial charge in [0.15, 0.2) is 0 Å². The van der Waals surface area contributed by atoms with Crippen molar-refractivity contribution in [2.24, 2.45) is 0 Å². The summed E-state index contributed by atoms with van der Waals surface area (Å²) < 4.78 is 7.49. The molecule has 3 aromatic heterocycles. The average Bonchev–Trinajstić information content (AvgIpc) is 3.40. The fourth-order valence-electron chi connectivity index (χ4n) is 5.27. The van der Waals surface area contributed by atoms with E-state index < -0.39 is 12.2 Å². The van der Waals surface area contributed by atoms with Crippen LogP contribution >= 0.6 is 11.3 Å². The average molecular weight is 548 g/mol. The van der Waals surface area contributed by atoms with Crippen molar-refractivity contribution in [2.45, 2.75) is 57.5 Å². The smallest absolute Gasteiger partial charge is 0.262 e.